The molecule has 0 aliphatic carbocycles. The fourth-order valence-electron chi connectivity index (χ4n) is 2.24. The van der Waals surface area contributed by atoms with E-state index in [-0.39, 0.29) is 11.8 Å². The first-order chi connectivity index (χ1) is 12.2. The summed E-state index contributed by atoms with van der Waals surface area (Å²) in [6, 6.07) is 18.1. The lowest BCUT2D eigenvalue weighted by atomic mass is 10.1. The van der Waals surface area contributed by atoms with Gasteiger partial charge in [0.05, 0.1) is 4.88 Å². The van der Waals surface area contributed by atoms with Gasteiger partial charge in [0.2, 0.25) is 0 Å². The van der Waals surface area contributed by atoms with Crippen molar-refractivity contribution in [3.8, 4) is 0 Å². The molecule has 3 aromatic rings. The van der Waals surface area contributed by atoms with Crippen LogP contribution in [0.5, 0.6) is 0 Å². The number of hydrogen-bond donors (Lipinski definition) is 2. The predicted octanol–water partition coefficient (Wildman–Crippen LogP) is 4.97. The highest BCUT2D eigenvalue weighted by atomic mass is 32.2. The van der Waals surface area contributed by atoms with E-state index in [1.54, 1.807) is 42.1 Å². The van der Waals surface area contributed by atoms with E-state index in [0.29, 0.717) is 16.1 Å². The summed E-state index contributed by atoms with van der Waals surface area (Å²) in [4.78, 5) is 26.3. The third-order valence-electron chi connectivity index (χ3n) is 3.46. The lowest BCUT2D eigenvalue weighted by Crippen LogP contribution is -2.14. The van der Waals surface area contributed by atoms with Crippen molar-refractivity contribution in [2.45, 2.75) is 4.90 Å². The third-order valence-corrected chi connectivity index (χ3v) is 5.05. The summed E-state index contributed by atoms with van der Waals surface area (Å²) in [6.45, 7) is 0. The average Bonchev–Trinajstić information content (AvgIpc) is 3.17. The topological polar surface area (TPSA) is 58.2 Å². The molecule has 25 heavy (non-hydrogen) atoms. The van der Waals surface area contributed by atoms with Gasteiger partial charge in [0.1, 0.15) is 0 Å². The van der Waals surface area contributed by atoms with Gasteiger partial charge in [-0.1, -0.05) is 18.2 Å². The molecule has 6 heteroatoms. The number of nitrogens with one attached hydrogen (secondary N) is 2. The Morgan fingerprint density at radius 3 is 2.32 bits per heavy atom. The van der Waals surface area contributed by atoms with Crippen LogP contribution in [0.3, 0.4) is 0 Å². The van der Waals surface area contributed by atoms with Gasteiger partial charge in [0.25, 0.3) is 11.8 Å². The van der Waals surface area contributed by atoms with Crippen LogP contribution in [-0.2, 0) is 0 Å². The highest BCUT2D eigenvalue weighted by Crippen LogP contribution is 2.20. The van der Waals surface area contributed by atoms with Gasteiger partial charge < -0.3 is 10.6 Å². The SMILES string of the molecule is CSc1cccc(NC(=O)c2cccc(NC(=O)c3cccs3)c2)c1. The van der Waals surface area contributed by atoms with E-state index in [1.807, 2.05) is 42.0 Å². The van der Waals surface area contributed by atoms with Crippen LogP contribution >= 0.6 is 23.1 Å². The summed E-state index contributed by atoms with van der Waals surface area (Å²) in [5.41, 5.74) is 1.81. The summed E-state index contributed by atoms with van der Waals surface area (Å²) in [7, 11) is 0. The zero-order chi connectivity index (χ0) is 17.6. The molecule has 0 unspecified atom stereocenters. The number of amides is 2. The van der Waals surface area contributed by atoms with Crippen LogP contribution in [0.15, 0.2) is 70.9 Å². The molecule has 3 rings (SSSR count). The molecule has 0 radical (unpaired) electrons. The molecule has 0 aliphatic rings. The lowest BCUT2D eigenvalue weighted by molar-refractivity contribution is 0.101. The lowest BCUT2D eigenvalue weighted by Gasteiger charge is -2.09. The molecule has 126 valence electrons. The van der Waals surface area contributed by atoms with Crippen LogP contribution in [-0.4, -0.2) is 18.1 Å². The number of carbonyl (C=O) groups excluding carboxylic acids is 2. The quantitative estimate of drug-likeness (QED) is 0.625. The van der Waals surface area contributed by atoms with E-state index in [2.05, 4.69) is 10.6 Å². The minimum absolute atomic E-state index is 0.180. The van der Waals surface area contributed by atoms with Gasteiger partial charge in [0, 0.05) is 21.8 Å². The molecular weight excluding hydrogens is 352 g/mol. The van der Waals surface area contributed by atoms with E-state index in [4.69, 9.17) is 0 Å². The van der Waals surface area contributed by atoms with Crippen LogP contribution in [0, 0.1) is 0 Å². The average molecular weight is 368 g/mol. The second-order valence-corrected chi connectivity index (χ2v) is 7.03. The van der Waals surface area contributed by atoms with Gasteiger partial charge in [-0.05, 0) is 54.1 Å². The van der Waals surface area contributed by atoms with Crippen LogP contribution < -0.4 is 10.6 Å². The minimum Gasteiger partial charge on any atom is -0.322 e. The Balaban J connectivity index is 1.72. The Labute approximate surface area is 154 Å². The highest BCUT2D eigenvalue weighted by molar-refractivity contribution is 7.98. The maximum absolute atomic E-state index is 12.5. The molecule has 0 spiro atoms. The van der Waals surface area contributed by atoms with Crippen molar-refractivity contribution in [2.75, 3.05) is 16.9 Å². The van der Waals surface area contributed by atoms with E-state index in [9.17, 15) is 9.59 Å². The number of hydrogen-bond acceptors (Lipinski definition) is 4. The number of rotatable bonds is 5. The number of benzene rings is 2. The van der Waals surface area contributed by atoms with E-state index in [0.717, 1.165) is 10.6 Å². The van der Waals surface area contributed by atoms with Crippen molar-refractivity contribution < 1.29 is 9.59 Å². The maximum atomic E-state index is 12.5. The first-order valence-electron chi connectivity index (χ1n) is 7.56. The van der Waals surface area contributed by atoms with Gasteiger partial charge in [-0.2, -0.15) is 0 Å². The minimum atomic E-state index is -0.217. The molecule has 2 N–H and O–H groups in total. The van der Waals surface area contributed by atoms with Crippen molar-refractivity contribution >= 4 is 46.3 Å². The first-order valence-corrected chi connectivity index (χ1v) is 9.66. The Hall–Kier alpha value is -2.57. The van der Waals surface area contributed by atoms with Crippen LogP contribution in [0.4, 0.5) is 11.4 Å². The molecule has 1 aromatic heterocycles. The molecule has 2 aromatic carbocycles. The fourth-order valence-corrected chi connectivity index (χ4v) is 3.32. The Morgan fingerprint density at radius 2 is 1.60 bits per heavy atom. The van der Waals surface area contributed by atoms with Crippen molar-refractivity contribution in [3.05, 3.63) is 76.5 Å². The second-order valence-electron chi connectivity index (χ2n) is 5.20. The highest BCUT2D eigenvalue weighted by Gasteiger charge is 2.10. The molecule has 0 saturated carbocycles. The van der Waals surface area contributed by atoms with Gasteiger partial charge >= 0.3 is 0 Å². The van der Waals surface area contributed by atoms with Crippen LogP contribution in [0.1, 0.15) is 20.0 Å². The maximum Gasteiger partial charge on any atom is 0.265 e. The predicted molar refractivity (Wildman–Crippen MR) is 105 cm³/mol. The van der Waals surface area contributed by atoms with Crippen molar-refractivity contribution in [1.29, 1.82) is 0 Å². The van der Waals surface area contributed by atoms with Gasteiger partial charge in [0.15, 0.2) is 0 Å². The van der Waals surface area contributed by atoms with Gasteiger partial charge in [-0.3, -0.25) is 9.59 Å². The molecule has 0 fully saturated rings. The summed E-state index contributed by atoms with van der Waals surface area (Å²) in [6.07, 6.45) is 1.99. The van der Waals surface area contributed by atoms with Crippen molar-refractivity contribution in [1.82, 2.24) is 0 Å². The molecule has 0 saturated heterocycles. The van der Waals surface area contributed by atoms with Gasteiger partial charge in [-0.15, -0.1) is 23.1 Å². The molecule has 0 atom stereocenters. The molecule has 1 heterocycles. The third kappa shape index (κ3) is 4.49. The summed E-state index contributed by atoms with van der Waals surface area (Å²) in [5.74, 6) is -0.397. The van der Waals surface area contributed by atoms with Crippen LogP contribution in [0.25, 0.3) is 0 Å². The number of thiophene rings is 1. The number of thioether (sulfide) groups is 1. The largest absolute Gasteiger partial charge is 0.322 e. The number of anilines is 2. The summed E-state index contributed by atoms with van der Waals surface area (Å²) >= 11 is 2.99. The van der Waals surface area contributed by atoms with E-state index < -0.39 is 0 Å². The van der Waals surface area contributed by atoms with Crippen molar-refractivity contribution in [3.63, 3.8) is 0 Å². The zero-order valence-electron chi connectivity index (χ0n) is 13.5. The summed E-state index contributed by atoms with van der Waals surface area (Å²) < 4.78 is 0. The molecule has 0 aliphatic heterocycles. The van der Waals surface area contributed by atoms with E-state index in [1.165, 1.54) is 11.3 Å². The molecular formula is C19H16N2O2S2. The molecule has 0 bridgehead atoms. The smallest absolute Gasteiger partial charge is 0.265 e. The Kier molecular flexibility index (Phi) is 5.53. The molecule has 4 nitrogen and oxygen atoms in total. The van der Waals surface area contributed by atoms with Crippen molar-refractivity contribution in [2.24, 2.45) is 0 Å². The second kappa shape index (κ2) is 8.00. The zero-order valence-corrected chi connectivity index (χ0v) is 15.1. The summed E-state index contributed by atoms with van der Waals surface area (Å²) in [5, 5.41) is 7.54. The Morgan fingerprint density at radius 1 is 0.880 bits per heavy atom. The molecule has 2 amide bonds. The number of carbonyl (C=O) groups is 2. The first kappa shape index (κ1) is 17.3. The van der Waals surface area contributed by atoms with Crippen LogP contribution in [0.2, 0.25) is 0 Å². The monoisotopic (exact) mass is 368 g/mol. The fraction of sp³-hybridized carbons (Fsp3) is 0.0526. The van der Waals surface area contributed by atoms with E-state index >= 15 is 0 Å². The standard InChI is InChI=1S/C19H16N2O2S2/c1-24-16-8-3-7-15(12-16)20-18(22)13-5-2-6-14(11-13)21-19(23)17-9-4-10-25-17/h2-12H,1H3,(H,20,22)(H,21,23). The van der Waals surface area contributed by atoms with Gasteiger partial charge in [-0.25, -0.2) is 0 Å². The Bertz CT molecular complexity index is 892. The normalized spacial score (nSPS) is 10.3.